The second-order valence-corrected chi connectivity index (χ2v) is 13.6. The molecule has 1 saturated carbocycles. The summed E-state index contributed by atoms with van der Waals surface area (Å²) in [7, 11) is -3.56. The lowest BCUT2D eigenvalue weighted by Crippen LogP contribution is -2.49. The van der Waals surface area contributed by atoms with Gasteiger partial charge in [-0.05, 0) is 59.9 Å². The van der Waals surface area contributed by atoms with Gasteiger partial charge < -0.3 is 9.64 Å². The third-order valence-electron chi connectivity index (χ3n) is 7.90. The van der Waals surface area contributed by atoms with Crippen LogP contribution in [-0.2, 0) is 15.8 Å². The monoisotopic (exact) mass is 605 g/mol. The average molecular weight is 606 g/mol. The Morgan fingerprint density at radius 2 is 1.69 bits per heavy atom. The van der Waals surface area contributed by atoms with Crippen LogP contribution in [0.2, 0.25) is 5.02 Å². The molecule has 4 aromatic rings. The van der Waals surface area contributed by atoms with Crippen molar-refractivity contribution in [3.63, 3.8) is 0 Å². The van der Waals surface area contributed by atoms with E-state index in [2.05, 4.69) is 17.0 Å². The van der Waals surface area contributed by atoms with E-state index in [-0.39, 0.29) is 22.5 Å². The fourth-order valence-corrected chi connectivity index (χ4v) is 6.77. The SMILES string of the molecule is CC1(COc2c(N3CCN(S(=O)(=O)Cc4cccc(-c5ccncc5)c4)CC3)cnn(-c3cccc(Cl)c3)c2=O)CC1. The lowest BCUT2D eigenvalue weighted by Gasteiger charge is -2.35. The van der Waals surface area contributed by atoms with E-state index in [0.29, 0.717) is 49.2 Å². The molecule has 1 aliphatic heterocycles. The number of ether oxygens (including phenoxy) is 1. The number of piperazine rings is 1. The molecule has 6 rings (SSSR count). The van der Waals surface area contributed by atoms with Crippen molar-refractivity contribution in [1.82, 2.24) is 19.1 Å². The second kappa shape index (κ2) is 11.5. The normalized spacial score (nSPS) is 16.8. The van der Waals surface area contributed by atoms with Crippen molar-refractivity contribution in [2.45, 2.75) is 25.5 Å². The van der Waals surface area contributed by atoms with Crippen molar-refractivity contribution in [2.24, 2.45) is 5.41 Å². The fourth-order valence-electron chi connectivity index (χ4n) is 5.08. The van der Waals surface area contributed by atoms with E-state index in [9.17, 15) is 13.2 Å². The molecule has 2 aromatic carbocycles. The van der Waals surface area contributed by atoms with E-state index in [1.165, 1.54) is 8.99 Å². The van der Waals surface area contributed by atoms with E-state index in [4.69, 9.17) is 16.3 Å². The summed E-state index contributed by atoms with van der Waals surface area (Å²) in [4.78, 5) is 19.7. The molecule has 0 atom stereocenters. The van der Waals surface area contributed by atoms with Crippen molar-refractivity contribution in [2.75, 3.05) is 37.7 Å². The fraction of sp³-hybridized carbons (Fsp3) is 0.323. The molecule has 0 bridgehead atoms. The predicted molar refractivity (Wildman–Crippen MR) is 164 cm³/mol. The van der Waals surface area contributed by atoms with Gasteiger partial charge in [-0.25, -0.2) is 8.42 Å². The number of pyridine rings is 1. The molecule has 2 fully saturated rings. The van der Waals surface area contributed by atoms with E-state index in [1.54, 1.807) is 42.9 Å². The highest BCUT2D eigenvalue weighted by Gasteiger charge is 2.39. The third-order valence-corrected chi connectivity index (χ3v) is 9.98. The standard InChI is InChI=1S/C31H32ClN5O4S/c1-31(10-11-31)22-41-29-28(20-34-37(30(29)38)27-7-3-6-26(32)19-27)35-14-16-36(17-15-35)42(39,40)21-23-4-2-5-25(18-23)24-8-12-33-13-9-24/h2-9,12-13,18-20H,10-11,14-17,21-22H2,1H3. The van der Waals surface area contributed by atoms with Gasteiger partial charge in [0.1, 0.15) is 5.69 Å². The lowest BCUT2D eigenvalue weighted by molar-refractivity contribution is 0.242. The highest BCUT2D eigenvalue weighted by molar-refractivity contribution is 7.88. The van der Waals surface area contributed by atoms with Crippen molar-refractivity contribution >= 4 is 27.3 Å². The maximum atomic E-state index is 13.6. The number of rotatable bonds is 9. The minimum absolute atomic E-state index is 0.0648. The number of halogens is 1. The van der Waals surface area contributed by atoms with Gasteiger partial charge in [-0.1, -0.05) is 48.9 Å². The number of aromatic nitrogens is 3. The van der Waals surface area contributed by atoms with Crippen molar-refractivity contribution in [1.29, 1.82) is 0 Å². The number of anilines is 1. The van der Waals surface area contributed by atoms with Crippen LogP contribution in [-0.4, -0.2) is 60.3 Å². The Bertz CT molecular complexity index is 1750. The van der Waals surface area contributed by atoms with Gasteiger partial charge in [0.2, 0.25) is 15.8 Å². The van der Waals surface area contributed by atoms with Crippen LogP contribution in [0.1, 0.15) is 25.3 Å². The Balaban J connectivity index is 1.19. The summed E-state index contributed by atoms with van der Waals surface area (Å²) in [5, 5.41) is 4.93. The highest BCUT2D eigenvalue weighted by Crippen LogP contribution is 2.45. The topological polar surface area (TPSA) is 97.6 Å². The summed E-state index contributed by atoms with van der Waals surface area (Å²) in [6.45, 7) is 3.97. The maximum absolute atomic E-state index is 13.6. The molecular weight excluding hydrogens is 574 g/mol. The average Bonchev–Trinajstić information content (AvgIpc) is 3.74. The predicted octanol–water partition coefficient (Wildman–Crippen LogP) is 4.78. The third kappa shape index (κ3) is 6.21. The van der Waals surface area contributed by atoms with Crippen LogP contribution < -0.4 is 15.2 Å². The number of benzene rings is 2. The Morgan fingerprint density at radius 3 is 2.40 bits per heavy atom. The van der Waals surface area contributed by atoms with Gasteiger partial charge >= 0.3 is 5.56 Å². The molecule has 42 heavy (non-hydrogen) atoms. The van der Waals surface area contributed by atoms with E-state index >= 15 is 0 Å². The molecule has 9 nitrogen and oxygen atoms in total. The number of hydrogen-bond donors (Lipinski definition) is 0. The van der Waals surface area contributed by atoms with Gasteiger partial charge in [0.25, 0.3) is 0 Å². The van der Waals surface area contributed by atoms with Crippen LogP contribution in [0.4, 0.5) is 5.69 Å². The first-order chi connectivity index (χ1) is 20.2. The summed E-state index contributed by atoms with van der Waals surface area (Å²) >= 11 is 6.17. The van der Waals surface area contributed by atoms with Crippen LogP contribution in [0.3, 0.4) is 0 Å². The van der Waals surface area contributed by atoms with Gasteiger partial charge in [0.15, 0.2) is 0 Å². The minimum atomic E-state index is -3.56. The van der Waals surface area contributed by atoms with Crippen LogP contribution in [0.25, 0.3) is 16.8 Å². The second-order valence-electron chi connectivity index (χ2n) is 11.2. The molecule has 2 aromatic heterocycles. The molecule has 0 spiro atoms. The van der Waals surface area contributed by atoms with Crippen molar-refractivity contribution in [3.8, 4) is 22.6 Å². The molecule has 0 unspecified atom stereocenters. The molecule has 0 amide bonds. The van der Waals surface area contributed by atoms with E-state index in [0.717, 1.165) is 29.5 Å². The first kappa shape index (κ1) is 28.4. The number of hydrogen-bond acceptors (Lipinski definition) is 7. The largest absolute Gasteiger partial charge is 0.486 e. The van der Waals surface area contributed by atoms with Gasteiger partial charge in [0.05, 0.1) is 24.2 Å². The molecule has 218 valence electrons. The summed E-state index contributed by atoms with van der Waals surface area (Å²) in [5.41, 5.74) is 3.47. The molecule has 0 radical (unpaired) electrons. The Labute approximate surface area is 250 Å². The molecule has 2 aliphatic rings. The molecule has 0 N–H and O–H groups in total. The molecular formula is C31H32ClN5O4S. The Morgan fingerprint density at radius 1 is 0.952 bits per heavy atom. The Hall–Kier alpha value is -3.73. The Kier molecular flexibility index (Phi) is 7.78. The van der Waals surface area contributed by atoms with Crippen molar-refractivity contribution < 1.29 is 13.2 Å². The first-order valence-corrected chi connectivity index (χ1v) is 15.9. The number of nitrogens with zero attached hydrogens (tertiary/aromatic N) is 5. The van der Waals surface area contributed by atoms with Gasteiger partial charge in [-0.3, -0.25) is 9.78 Å². The molecule has 1 aliphatic carbocycles. The minimum Gasteiger partial charge on any atom is -0.486 e. The lowest BCUT2D eigenvalue weighted by atomic mass is 10.1. The van der Waals surface area contributed by atoms with E-state index < -0.39 is 10.0 Å². The van der Waals surface area contributed by atoms with E-state index in [1.807, 2.05) is 41.3 Å². The smallest absolute Gasteiger partial charge is 0.316 e. The van der Waals surface area contributed by atoms with Crippen molar-refractivity contribution in [3.05, 3.63) is 100 Å². The zero-order chi connectivity index (χ0) is 29.3. The quantitative estimate of drug-likeness (QED) is 0.271. The summed E-state index contributed by atoms with van der Waals surface area (Å²) in [6.07, 6.45) is 7.17. The molecule has 3 heterocycles. The molecule has 1 saturated heterocycles. The summed E-state index contributed by atoms with van der Waals surface area (Å²) < 4.78 is 35.8. The van der Waals surface area contributed by atoms with Crippen LogP contribution in [0.5, 0.6) is 5.75 Å². The van der Waals surface area contributed by atoms with Crippen LogP contribution in [0.15, 0.2) is 84.0 Å². The zero-order valence-corrected chi connectivity index (χ0v) is 24.9. The van der Waals surface area contributed by atoms with Gasteiger partial charge in [0, 0.05) is 49.0 Å². The van der Waals surface area contributed by atoms with Crippen LogP contribution >= 0.6 is 11.6 Å². The maximum Gasteiger partial charge on any atom is 0.316 e. The highest BCUT2D eigenvalue weighted by atomic mass is 35.5. The summed E-state index contributed by atoms with van der Waals surface area (Å²) in [5.74, 6) is 0.137. The summed E-state index contributed by atoms with van der Waals surface area (Å²) in [6, 6.07) is 18.3. The van der Waals surface area contributed by atoms with Gasteiger partial charge in [-0.15, -0.1) is 0 Å². The molecule has 11 heteroatoms. The first-order valence-electron chi connectivity index (χ1n) is 13.9. The zero-order valence-electron chi connectivity index (χ0n) is 23.3. The van der Waals surface area contributed by atoms with Crippen LogP contribution in [0, 0.1) is 5.41 Å². The van der Waals surface area contributed by atoms with Gasteiger partial charge in [-0.2, -0.15) is 14.1 Å². The number of sulfonamides is 1.